The van der Waals surface area contributed by atoms with Crippen LogP contribution in [-0.2, 0) is 0 Å². The van der Waals surface area contributed by atoms with E-state index >= 15 is 0 Å². The van der Waals surface area contributed by atoms with Gasteiger partial charge in [0.25, 0.3) is 0 Å². The topological polar surface area (TPSA) is 43.6 Å². The van der Waals surface area contributed by atoms with Gasteiger partial charge in [-0.15, -0.1) is 0 Å². The molecular weight excluding hydrogens is 789 g/mol. The maximum atomic E-state index is 5.58. The average molecular weight is 827 g/mol. The van der Waals surface area contributed by atoms with Crippen molar-refractivity contribution in [3.8, 4) is 62.0 Å². The first kappa shape index (κ1) is 36.9. The van der Waals surface area contributed by atoms with Crippen molar-refractivity contribution in [3.05, 3.63) is 231 Å². The largest absolute Gasteiger partial charge is 0.309 e. The minimum absolute atomic E-state index is 0.672. The smallest absolute Gasteiger partial charge is 0.160 e. The average Bonchev–Trinajstić information content (AvgIpc) is 3.73. The highest BCUT2D eigenvalue weighted by atomic mass is 15.0. The van der Waals surface area contributed by atoms with Crippen LogP contribution in [-0.4, -0.2) is 19.5 Å². The molecular formula is C61H38N4. The summed E-state index contributed by atoms with van der Waals surface area (Å²) in [6.07, 6.45) is 0. The number of fused-ring (bicyclic) bond motifs is 9. The van der Waals surface area contributed by atoms with Crippen LogP contribution in [0.3, 0.4) is 0 Å². The summed E-state index contributed by atoms with van der Waals surface area (Å²) in [5.41, 5.74) is 13.4. The lowest BCUT2D eigenvalue weighted by molar-refractivity contribution is 1.18. The molecule has 10 aromatic carbocycles. The number of rotatable bonds is 6. The van der Waals surface area contributed by atoms with Crippen molar-refractivity contribution in [3.63, 3.8) is 0 Å². The van der Waals surface area contributed by atoms with Gasteiger partial charge in [0, 0.05) is 49.5 Å². The van der Waals surface area contributed by atoms with Gasteiger partial charge in [0.2, 0.25) is 0 Å². The van der Waals surface area contributed by atoms with E-state index in [2.05, 4.69) is 235 Å². The number of aromatic nitrogens is 4. The second-order valence-electron chi connectivity index (χ2n) is 16.8. The Labute approximate surface area is 375 Å². The molecule has 302 valence electrons. The van der Waals surface area contributed by atoms with Gasteiger partial charge >= 0.3 is 0 Å². The number of hydrogen-bond acceptors (Lipinski definition) is 3. The predicted octanol–water partition coefficient (Wildman–Crippen LogP) is 15.9. The fraction of sp³-hybridized carbons (Fsp3) is 0. The summed E-state index contributed by atoms with van der Waals surface area (Å²) >= 11 is 0. The fourth-order valence-electron chi connectivity index (χ4n) is 9.90. The Morgan fingerprint density at radius 3 is 1.63 bits per heavy atom. The Morgan fingerprint density at radius 2 is 0.908 bits per heavy atom. The minimum atomic E-state index is 0.672. The minimum Gasteiger partial charge on any atom is -0.309 e. The van der Waals surface area contributed by atoms with E-state index in [1.165, 1.54) is 32.3 Å². The first-order valence-corrected chi connectivity index (χ1v) is 22.1. The molecule has 4 nitrogen and oxygen atoms in total. The molecule has 0 aliphatic carbocycles. The molecule has 0 amide bonds. The van der Waals surface area contributed by atoms with Crippen LogP contribution in [0.1, 0.15) is 0 Å². The Morgan fingerprint density at radius 1 is 0.308 bits per heavy atom. The second kappa shape index (κ2) is 15.0. The third-order valence-electron chi connectivity index (χ3n) is 12.9. The molecule has 0 bridgehead atoms. The molecule has 0 radical (unpaired) electrons. The molecule has 0 aliphatic heterocycles. The van der Waals surface area contributed by atoms with Crippen LogP contribution in [0.15, 0.2) is 231 Å². The molecule has 13 rings (SSSR count). The summed E-state index contributed by atoms with van der Waals surface area (Å²) < 4.78 is 2.39. The summed E-state index contributed by atoms with van der Waals surface area (Å²) in [4.78, 5) is 16.2. The predicted molar refractivity (Wildman–Crippen MR) is 271 cm³/mol. The van der Waals surface area contributed by atoms with Crippen molar-refractivity contribution in [1.29, 1.82) is 0 Å². The van der Waals surface area contributed by atoms with Crippen molar-refractivity contribution in [2.24, 2.45) is 0 Å². The summed E-state index contributed by atoms with van der Waals surface area (Å²) in [7, 11) is 0. The van der Waals surface area contributed by atoms with Gasteiger partial charge in [-0.05, 0) is 92.7 Å². The quantitative estimate of drug-likeness (QED) is 0.157. The molecule has 3 heterocycles. The van der Waals surface area contributed by atoms with E-state index in [1.807, 2.05) is 0 Å². The molecule has 13 aromatic rings. The van der Waals surface area contributed by atoms with Crippen LogP contribution in [0.4, 0.5) is 0 Å². The van der Waals surface area contributed by atoms with Gasteiger partial charge < -0.3 is 4.57 Å². The van der Waals surface area contributed by atoms with E-state index in [4.69, 9.17) is 15.0 Å². The highest BCUT2D eigenvalue weighted by molar-refractivity contribution is 6.29. The maximum Gasteiger partial charge on any atom is 0.160 e. The Balaban J connectivity index is 1.04. The zero-order chi connectivity index (χ0) is 42.8. The number of hydrogen-bond donors (Lipinski definition) is 0. The van der Waals surface area contributed by atoms with Gasteiger partial charge in [0.1, 0.15) is 0 Å². The molecule has 65 heavy (non-hydrogen) atoms. The van der Waals surface area contributed by atoms with Crippen molar-refractivity contribution < 1.29 is 0 Å². The first-order chi connectivity index (χ1) is 32.2. The van der Waals surface area contributed by atoms with Crippen molar-refractivity contribution in [2.45, 2.75) is 0 Å². The lowest BCUT2D eigenvalue weighted by Crippen LogP contribution is -1.97. The normalized spacial score (nSPS) is 11.7. The molecule has 0 saturated heterocycles. The van der Waals surface area contributed by atoms with E-state index in [-0.39, 0.29) is 0 Å². The number of para-hydroxylation sites is 2. The van der Waals surface area contributed by atoms with E-state index < -0.39 is 0 Å². The van der Waals surface area contributed by atoms with E-state index in [9.17, 15) is 0 Å². The second-order valence-corrected chi connectivity index (χ2v) is 16.8. The van der Waals surface area contributed by atoms with E-state index in [1.54, 1.807) is 0 Å². The van der Waals surface area contributed by atoms with Crippen molar-refractivity contribution >= 4 is 65.0 Å². The van der Waals surface area contributed by atoms with Gasteiger partial charge in [-0.25, -0.2) is 15.0 Å². The molecule has 0 spiro atoms. The first-order valence-electron chi connectivity index (χ1n) is 22.1. The summed E-state index contributed by atoms with van der Waals surface area (Å²) in [5.74, 6) is 0.672. The fourth-order valence-corrected chi connectivity index (χ4v) is 9.90. The highest BCUT2D eigenvalue weighted by Gasteiger charge is 2.22. The number of pyridine rings is 1. The third kappa shape index (κ3) is 6.18. The summed E-state index contributed by atoms with van der Waals surface area (Å²) in [6, 6.07) is 82.1. The molecule has 0 atom stereocenters. The van der Waals surface area contributed by atoms with Crippen LogP contribution in [0, 0.1) is 0 Å². The van der Waals surface area contributed by atoms with Crippen LogP contribution in [0.2, 0.25) is 0 Å². The van der Waals surface area contributed by atoms with Crippen LogP contribution in [0.25, 0.3) is 127 Å². The molecule has 3 aromatic heterocycles. The number of benzene rings is 10. The summed E-state index contributed by atoms with van der Waals surface area (Å²) in [5, 5.41) is 10.5. The highest BCUT2D eigenvalue weighted by Crippen LogP contribution is 2.45. The van der Waals surface area contributed by atoms with Crippen molar-refractivity contribution in [2.75, 3.05) is 0 Å². The molecule has 0 fully saturated rings. The lowest BCUT2D eigenvalue weighted by Gasteiger charge is -2.16. The number of nitrogens with zero attached hydrogens (tertiary/aromatic N) is 4. The van der Waals surface area contributed by atoms with E-state index in [0.29, 0.717) is 5.82 Å². The molecule has 0 aliphatic rings. The van der Waals surface area contributed by atoms with Gasteiger partial charge in [0.05, 0.1) is 33.6 Å². The van der Waals surface area contributed by atoms with Gasteiger partial charge in [-0.3, -0.25) is 0 Å². The molecule has 0 unspecified atom stereocenters. The zero-order valence-electron chi connectivity index (χ0n) is 35.2. The van der Waals surface area contributed by atoms with Crippen LogP contribution < -0.4 is 0 Å². The Kier molecular flexibility index (Phi) is 8.50. The third-order valence-corrected chi connectivity index (χ3v) is 12.9. The maximum absolute atomic E-state index is 5.58. The monoisotopic (exact) mass is 826 g/mol. The van der Waals surface area contributed by atoms with Gasteiger partial charge in [-0.2, -0.15) is 0 Å². The Bertz CT molecular complexity index is 3900. The van der Waals surface area contributed by atoms with E-state index in [0.717, 1.165) is 88.9 Å². The molecule has 0 N–H and O–H groups in total. The van der Waals surface area contributed by atoms with Gasteiger partial charge in [-0.1, -0.05) is 176 Å². The van der Waals surface area contributed by atoms with Crippen LogP contribution in [0.5, 0.6) is 0 Å². The molecule has 4 heteroatoms. The van der Waals surface area contributed by atoms with Crippen LogP contribution >= 0.6 is 0 Å². The van der Waals surface area contributed by atoms with Crippen molar-refractivity contribution in [1.82, 2.24) is 19.5 Å². The summed E-state index contributed by atoms with van der Waals surface area (Å²) in [6.45, 7) is 0. The molecule has 0 saturated carbocycles. The standard InChI is InChI=1S/C61H38N4/c1-3-17-41(18-4-1)60-59-51(33-34-56-58(59)50-25-11-12-28-55(50)65(56)48-23-5-2-6-24-48)57-49(26-14-27-52(57)62-60)44-21-13-22-47(37-44)61-63-53(45-31-29-39-15-7-9-19-42(39)35-45)38-54(64-61)46-32-30-40-16-8-10-20-43(40)36-46/h1-38H. The Hall–Kier alpha value is -8.73. The van der Waals surface area contributed by atoms with Gasteiger partial charge in [0.15, 0.2) is 5.82 Å². The zero-order valence-corrected chi connectivity index (χ0v) is 35.2. The SMILES string of the molecule is c1ccc(-c2nc3cccc(-c4cccc(-c5nc(-c6ccc7ccccc7c6)cc(-c6ccc7ccccc7c6)n5)c4)c3c3ccc4c(c5ccccc5n4-c4ccccc4)c23)cc1. The lowest BCUT2D eigenvalue weighted by atomic mass is 9.91.